The molecule has 0 saturated carbocycles. The Morgan fingerprint density at radius 2 is 2.24 bits per heavy atom. The summed E-state index contributed by atoms with van der Waals surface area (Å²) in [6.07, 6.45) is 0. The fourth-order valence-corrected chi connectivity index (χ4v) is 3.15. The maximum atomic E-state index is 11.6. The maximum absolute atomic E-state index is 11.6. The summed E-state index contributed by atoms with van der Waals surface area (Å²) in [7, 11) is 0. The number of aromatic nitrogens is 3. The Morgan fingerprint density at radius 1 is 1.48 bits per heavy atom. The van der Waals surface area contributed by atoms with E-state index in [0.29, 0.717) is 22.8 Å². The van der Waals surface area contributed by atoms with Crippen LogP contribution in [0.1, 0.15) is 26.3 Å². The summed E-state index contributed by atoms with van der Waals surface area (Å²) in [6.45, 7) is 7.45. The van der Waals surface area contributed by atoms with Gasteiger partial charge in [-0.1, -0.05) is 31.5 Å². The van der Waals surface area contributed by atoms with Crippen molar-refractivity contribution in [3.05, 3.63) is 39.3 Å². The Hall–Kier alpha value is -1.24. The van der Waals surface area contributed by atoms with Crippen LogP contribution >= 0.6 is 23.4 Å². The molecule has 0 atom stereocenters. The highest BCUT2D eigenvalue weighted by Crippen LogP contribution is 2.31. The number of nitrogens with zero attached hydrogens (tertiary/aromatic N) is 2. The molecule has 0 fully saturated rings. The van der Waals surface area contributed by atoms with Crippen LogP contribution in [-0.2, 0) is 13.1 Å². The third-order valence-electron chi connectivity index (χ3n) is 2.97. The Labute approximate surface area is 133 Å². The smallest absolute Gasteiger partial charge is 0.310 e. The van der Waals surface area contributed by atoms with Crippen LogP contribution in [0, 0.1) is 0 Å². The minimum absolute atomic E-state index is 0.191. The monoisotopic (exact) mass is 326 g/mol. The Kier molecular flexibility index (Phi) is 5.50. The molecule has 0 spiro atoms. The minimum atomic E-state index is -0.191. The van der Waals surface area contributed by atoms with Gasteiger partial charge in [0.05, 0.1) is 0 Å². The molecule has 0 radical (unpaired) electrons. The molecule has 5 nitrogen and oxygen atoms in total. The lowest BCUT2D eigenvalue weighted by atomic mass is 10.2. The third kappa shape index (κ3) is 4.12. The van der Waals surface area contributed by atoms with E-state index in [1.807, 2.05) is 25.1 Å². The van der Waals surface area contributed by atoms with Crippen LogP contribution < -0.4 is 11.0 Å². The quantitative estimate of drug-likeness (QED) is 0.856. The van der Waals surface area contributed by atoms with Crippen molar-refractivity contribution in [2.45, 2.75) is 50.0 Å². The molecular weight excluding hydrogens is 308 g/mol. The van der Waals surface area contributed by atoms with E-state index in [0.717, 1.165) is 17.0 Å². The van der Waals surface area contributed by atoms with Gasteiger partial charge in [0.1, 0.15) is 0 Å². The number of halogens is 1. The van der Waals surface area contributed by atoms with Crippen molar-refractivity contribution in [1.29, 1.82) is 0 Å². The lowest BCUT2D eigenvalue weighted by molar-refractivity contribution is 0.584. The molecule has 0 unspecified atom stereocenters. The van der Waals surface area contributed by atoms with Gasteiger partial charge in [-0.15, -0.1) is 5.10 Å². The highest BCUT2D eigenvalue weighted by Gasteiger charge is 2.12. The minimum Gasteiger partial charge on any atom is -0.310 e. The van der Waals surface area contributed by atoms with Crippen molar-refractivity contribution in [1.82, 2.24) is 20.1 Å². The summed E-state index contributed by atoms with van der Waals surface area (Å²) in [6, 6.07) is 6.18. The zero-order chi connectivity index (χ0) is 15.4. The Balaban J connectivity index is 2.29. The van der Waals surface area contributed by atoms with Crippen LogP contribution in [0.25, 0.3) is 0 Å². The molecular formula is C14H19ClN4OS. The molecule has 1 aromatic heterocycles. The number of nitrogens with one attached hydrogen (secondary N) is 2. The molecule has 114 valence electrons. The first-order chi connectivity index (χ1) is 10.0. The van der Waals surface area contributed by atoms with E-state index < -0.39 is 0 Å². The van der Waals surface area contributed by atoms with Gasteiger partial charge in [-0.3, -0.25) is 4.57 Å². The first kappa shape index (κ1) is 16.1. The molecule has 0 bridgehead atoms. The summed E-state index contributed by atoms with van der Waals surface area (Å²) < 4.78 is 1.60. The largest absolute Gasteiger partial charge is 0.343 e. The van der Waals surface area contributed by atoms with E-state index in [9.17, 15) is 4.79 Å². The Bertz CT molecular complexity index is 665. The predicted octanol–water partition coefficient (Wildman–Crippen LogP) is 2.89. The molecule has 0 saturated heterocycles. The van der Waals surface area contributed by atoms with E-state index in [2.05, 4.69) is 29.4 Å². The van der Waals surface area contributed by atoms with Crippen molar-refractivity contribution in [3.63, 3.8) is 0 Å². The van der Waals surface area contributed by atoms with Crippen LogP contribution in [0.15, 0.2) is 33.0 Å². The number of hydrogen-bond acceptors (Lipinski definition) is 4. The fraction of sp³-hybridized carbons (Fsp3) is 0.429. The van der Waals surface area contributed by atoms with E-state index in [1.54, 1.807) is 4.57 Å². The van der Waals surface area contributed by atoms with Crippen LogP contribution in [0.5, 0.6) is 0 Å². The van der Waals surface area contributed by atoms with Gasteiger partial charge < -0.3 is 5.32 Å². The van der Waals surface area contributed by atoms with Gasteiger partial charge in [0, 0.05) is 29.0 Å². The lowest BCUT2D eigenvalue weighted by Crippen LogP contribution is -2.22. The number of benzene rings is 1. The highest BCUT2D eigenvalue weighted by molar-refractivity contribution is 7.99. The van der Waals surface area contributed by atoms with E-state index >= 15 is 0 Å². The molecule has 21 heavy (non-hydrogen) atoms. The number of rotatable bonds is 6. The number of H-pyrrole nitrogens is 1. The van der Waals surface area contributed by atoms with Gasteiger partial charge in [-0.05, 0) is 36.4 Å². The zero-order valence-electron chi connectivity index (χ0n) is 12.3. The predicted molar refractivity (Wildman–Crippen MR) is 86.1 cm³/mol. The molecule has 0 aliphatic rings. The number of hydrogen-bond donors (Lipinski definition) is 2. The third-order valence-corrected chi connectivity index (χ3v) is 4.30. The van der Waals surface area contributed by atoms with E-state index in [4.69, 9.17) is 11.6 Å². The van der Waals surface area contributed by atoms with Crippen LogP contribution in [0.4, 0.5) is 0 Å². The van der Waals surface area contributed by atoms with Crippen LogP contribution in [0.3, 0.4) is 0 Å². The molecule has 0 aliphatic carbocycles. The van der Waals surface area contributed by atoms with Gasteiger partial charge >= 0.3 is 5.69 Å². The maximum Gasteiger partial charge on any atom is 0.343 e. The number of aromatic amines is 1. The lowest BCUT2D eigenvalue weighted by Gasteiger charge is -2.12. The molecule has 2 N–H and O–H groups in total. The second kappa shape index (κ2) is 7.15. The fourth-order valence-electron chi connectivity index (χ4n) is 1.84. The van der Waals surface area contributed by atoms with Gasteiger partial charge in [0.25, 0.3) is 0 Å². The van der Waals surface area contributed by atoms with Gasteiger partial charge in [0.2, 0.25) is 0 Å². The molecule has 7 heteroatoms. The molecule has 0 amide bonds. The zero-order valence-corrected chi connectivity index (χ0v) is 13.9. The standard InChI is InChI=1S/C14H19ClN4OS/c1-4-19-13(20)17-18-14(19)21-12-7-11(15)6-5-10(12)8-16-9(2)3/h5-7,9,16H,4,8H2,1-3H3,(H,17,20). The summed E-state index contributed by atoms with van der Waals surface area (Å²) in [4.78, 5) is 12.6. The topological polar surface area (TPSA) is 62.7 Å². The van der Waals surface area contributed by atoms with Crippen molar-refractivity contribution < 1.29 is 0 Å². The summed E-state index contributed by atoms with van der Waals surface area (Å²) >= 11 is 7.54. The van der Waals surface area contributed by atoms with E-state index in [-0.39, 0.29) is 5.69 Å². The van der Waals surface area contributed by atoms with Crippen molar-refractivity contribution >= 4 is 23.4 Å². The van der Waals surface area contributed by atoms with Crippen molar-refractivity contribution in [3.8, 4) is 0 Å². The summed E-state index contributed by atoms with van der Waals surface area (Å²) in [5, 5.41) is 11.3. The van der Waals surface area contributed by atoms with Crippen molar-refractivity contribution in [2.24, 2.45) is 0 Å². The average molecular weight is 327 g/mol. The van der Waals surface area contributed by atoms with Crippen LogP contribution in [-0.4, -0.2) is 20.8 Å². The second-order valence-electron chi connectivity index (χ2n) is 4.95. The average Bonchev–Trinajstić information content (AvgIpc) is 2.78. The van der Waals surface area contributed by atoms with Crippen LogP contribution in [0.2, 0.25) is 5.02 Å². The Morgan fingerprint density at radius 3 is 2.90 bits per heavy atom. The van der Waals surface area contributed by atoms with Gasteiger partial charge in [-0.25, -0.2) is 9.89 Å². The molecule has 1 heterocycles. The second-order valence-corrected chi connectivity index (χ2v) is 6.39. The molecule has 2 aromatic rings. The van der Waals surface area contributed by atoms with E-state index in [1.165, 1.54) is 11.8 Å². The van der Waals surface area contributed by atoms with Crippen molar-refractivity contribution in [2.75, 3.05) is 0 Å². The summed E-state index contributed by atoms with van der Waals surface area (Å²) in [5.74, 6) is 0. The molecule has 2 rings (SSSR count). The first-order valence-corrected chi connectivity index (χ1v) is 8.05. The summed E-state index contributed by atoms with van der Waals surface area (Å²) in [5.41, 5.74) is 0.945. The van der Waals surface area contributed by atoms with Gasteiger partial charge in [0.15, 0.2) is 5.16 Å². The molecule has 1 aromatic carbocycles. The molecule has 0 aliphatic heterocycles. The normalized spacial score (nSPS) is 11.3. The first-order valence-electron chi connectivity index (χ1n) is 6.86. The SMILES string of the molecule is CCn1c(Sc2cc(Cl)ccc2CNC(C)C)n[nH]c1=O. The van der Waals surface area contributed by atoms with Gasteiger partial charge in [-0.2, -0.15) is 0 Å². The highest BCUT2D eigenvalue weighted by atomic mass is 35.5.